The molecule has 4 aromatic rings. The molecule has 152 valence electrons. The van der Waals surface area contributed by atoms with Gasteiger partial charge >= 0.3 is 0 Å². The third-order valence-electron chi connectivity index (χ3n) is 5.63. The third kappa shape index (κ3) is 3.55. The molecular weight excluding hydrogens is 398 g/mol. The second-order valence-corrected chi connectivity index (χ2v) is 8.52. The number of rotatable bonds is 5. The second-order valence-electron chi connectivity index (χ2n) is 8.16. The highest BCUT2D eigenvalue weighted by Crippen LogP contribution is 2.45. The first-order chi connectivity index (χ1) is 14.5. The van der Waals surface area contributed by atoms with E-state index in [2.05, 4.69) is 4.98 Å². The summed E-state index contributed by atoms with van der Waals surface area (Å²) in [6, 6.07) is 18.0. The zero-order valence-electron chi connectivity index (χ0n) is 16.6. The van der Waals surface area contributed by atoms with Gasteiger partial charge in [0.25, 0.3) is 0 Å². The number of imidazole rings is 1. The van der Waals surface area contributed by atoms with E-state index >= 15 is 0 Å². The van der Waals surface area contributed by atoms with Crippen molar-refractivity contribution in [2.45, 2.75) is 37.9 Å². The van der Waals surface area contributed by atoms with Crippen LogP contribution in [-0.4, -0.2) is 25.1 Å². The van der Waals surface area contributed by atoms with Crippen molar-refractivity contribution in [3.05, 3.63) is 83.5 Å². The van der Waals surface area contributed by atoms with Gasteiger partial charge in [0, 0.05) is 23.9 Å². The van der Waals surface area contributed by atoms with Crippen LogP contribution < -0.4 is 4.74 Å². The highest BCUT2D eigenvalue weighted by molar-refractivity contribution is 6.33. The van der Waals surface area contributed by atoms with Crippen molar-refractivity contribution in [1.29, 1.82) is 0 Å². The first kappa shape index (κ1) is 19.1. The summed E-state index contributed by atoms with van der Waals surface area (Å²) in [5, 5.41) is 10.6. The Kier molecular flexibility index (Phi) is 4.72. The molecule has 5 nitrogen and oxygen atoms in total. The molecule has 0 unspecified atom stereocenters. The molecule has 0 amide bonds. The van der Waals surface area contributed by atoms with E-state index in [1.807, 2.05) is 72.1 Å². The molecule has 30 heavy (non-hydrogen) atoms. The first-order valence-corrected chi connectivity index (χ1v) is 10.4. The lowest BCUT2D eigenvalue weighted by molar-refractivity contribution is -0.0335. The van der Waals surface area contributed by atoms with Crippen molar-refractivity contribution in [3.63, 3.8) is 0 Å². The average Bonchev–Trinajstić information content (AvgIpc) is 3.12. The number of hydrogen-bond donors (Lipinski definition) is 1. The van der Waals surface area contributed by atoms with E-state index in [1.165, 1.54) is 0 Å². The highest BCUT2D eigenvalue weighted by Gasteiger charge is 2.41. The summed E-state index contributed by atoms with van der Waals surface area (Å²) in [5.41, 5.74) is 2.96. The standard InChI is InChI=1S/C24H22ClN3O2/c1-24(29)13-18(14-24)23-27-20(21-22(25)26-10-11-28(21)23)17-8-5-9-19(12-17)30-15-16-6-3-2-4-7-16/h2-12,18,29H,13-15H2,1H3. The molecule has 1 fully saturated rings. The largest absolute Gasteiger partial charge is 0.489 e. The predicted octanol–water partition coefficient (Wildman–Crippen LogP) is 5.26. The van der Waals surface area contributed by atoms with Crippen molar-refractivity contribution in [1.82, 2.24) is 14.4 Å². The molecule has 6 heteroatoms. The van der Waals surface area contributed by atoms with Crippen molar-refractivity contribution in [2.24, 2.45) is 0 Å². The number of aromatic nitrogens is 3. The topological polar surface area (TPSA) is 59.7 Å². The fourth-order valence-electron chi connectivity index (χ4n) is 4.17. The molecule has 2 aromatic carbocycles. The van der Waals surface area contributed by atoms with Crippen molar-refractivity contribution in [2.75, 3.05) is 0 Å². The van der Waals surface area contributed by atoms with Gasteiger partial charge in [0.1, 0.15) is 23.7 Å². The molecule has 5 rings (SSSR count). The molecule has 1 N–H and O–H groups in total. The summed E-state index contributed by atoms with van der Waals surface area (Å²) in [4.78, 5) is 9.20. The van der Waals surface area contributed by atoms with Crippen LogP contribution in [0, 0.1) is 0 Å². The first-order valence-electron chi connectivity index (χ1n) is 10.0. The third-order valence-corrected chi connectivity index (χ3v) is 5.91. The Labute approximate surface area is 179 Å². The number of aliphatic hydroxyl groups is 1. The van der Waals surface area contributed by atoms with Crippen molar-refractivity contribution in [3.8, 4) is 17.0 Å². The van der Waals surface area contributed by atoms with E-state index < -0.39 is 5.60 Å². The number of hydrogen-bond acceptors (Lipinski definition) is 4. The molecular formula is C24H22ClN3O2. The summed E-state index contributed by atoms with van der Waals surface area (Å²) >= 11 is 6.48. The van der Waals surface area contributed by atoms with Crippen LogP contribution in [0.4, 0.5) is 0 Å². The van der Waals surface area contributed by atoms with Gasteiger partial charge < -0.3 is 9.84 Å². The van der Waals surface area contributed by atoms with E-state index in [1.54, 1.807) is 6.20 Å². The molecule has 2 heterocycles. The second kappa shape index (κ2) is 7.42. The van der Waals surface area contributed by atoms with E-state index in [9.17, 15) is 5.11 Å². The Morgan fingerprint density at radius 2 is 1.97 bits per heavy atom. The van der Waals surface area contributed by atoms with Crippen LogP contribution in [0.3, 0.4) is 0 Å². The van der Waals surface area contributed by atoms with Crippen LogP contribution in [0.15, 0.2) is 67.0 Å². The zero-order valence-corrected chi connectivity index (χ0v) is 17.4. The maximum Gasteiger partial charge on any atom is 0.155 e. The number of benzene rings is 2. The predicted molar refractivity (Wildman–Crippen MR) is 117 cm³/mol. The lowest BCUT2D eigenvalue weighted by atomic mass is 9.72. The molecule has 0 bridgehead atoms. The van der Waals surface area contributed by atoms with Crippen LogP contribution >= 0.6 is 11.6 Å². The number of nitrogens with zero attached hydrogens (tertiary/aromatic N) is 3. The molecule has 0 atom stereocenters. The smallest absolute Gasteiger partial charge is 0.155 e. The van der Waals surface area contributed by atoms with Gasteiger partial charge in [0.05, 0.1) is 11.3 Å². The number of ether oxygens (including phenoxy) is 1. The quantitative estimate of drug-likeness (QED) is 0.479. The molecule has 1 saturated carbocycles. The van der Waals surface area contributed by atoms with E-state index in [0.29, 0.717) is 24.6 Å². The van der Waals surface area contributed by atoms with Crippen LogP contribution in [0.5, 0.6) is 5.75 Å². The van der Waals surface area contributed by atoms with Crippen LogP contribution in [0.1, 0.15) is 37.1 Å². The average molecular weight is 420 g/mol. The minimum absolute atomic E-state index is 0.192. The molecule has 0 saturated heterocycles. The fraction of sp³-hybridized carbons (Fsp3) is 0.250. The zero-order chi connectivity index (χ0) is 20.7. The van der Waals surface area contributed by atoms with Gasteiger partial charge in [-0.05, 0) is 37.5 Å². The number of halogens is 1. The Bertz CT molecular complexity index is 1200. The Morgan fingerprint density at radius 3 is 2.73 bits per heavy atom. The SMILES string of the molecule is CC1(O)CC(c2nc(-c3cccc(OCc4ccccc4)c3)c3c(Cl)nccn23)C1. The minimum Gasteiger partial charge on any atom is -0.489 e. The maximum atomic E-state index is 10.2. The molecule has 0 spiro atoms. The fourth-order valence-corrected chi connectivity index (χ4v) is 4.41. The normalized spacial score (nSPS) is 20.8. The Morgan fingerprint density at radius 1 is 1.17 bits per heavy atom. The summed E-state index contributed by atoms with van der Waals surface area (Å²) in [7, 11) is 0. The monoisotopic (exact) mass is 419 g/mol. The van der Waals surface area contributed by atoms with Crippen LogP contribution in [0.25, 0.3) is 16.8 Å². The van der Waals surface area contributed by atoms with E-state index in [0.717, 1.165) is 33.9 Å². The van der Waals surface area contributed by atoms with Crippen molar-refractivity contribution >= 4 is 17.1 Å². The minimum atomic E-state index is -0.626. The summed E-state index contributed by atoms with van der Waals surface area (Å²) in [6.07, 6.45) is 4.94. The van der Waals surface area contributed by atoms with Gasteiger partial charge in [-0.25, -0.2) is 9.97 Å². The summed E-state index contributed by atoms with van der Waals surface area (Å²) in [5.74, 6) is 1.87. The van der Waals surface area contributed by atoms with E-state index in [4.69, 9.17) is 21.3 Å². The van der Waals surface area contributed by atoms with Gasteiger partial charge in [0.2, 0.25) is 0 Å². The lowest BCUT2D eigenvalue weighted by Crippen LogP contribution is -2.40. The Balaban J connectivity index is 1.50. The van der Waals surface area contributed by atoms with Crippen LogP contribution in [0.2, 0.25) is 5.15 Å². The molecule has 1 aliphatic rings. The number of fused-ring (bicyclic) bond motifs is 1. The van der Waals surface area contributed by atoms with Crippen LogP contribution in [-0.2, 0) is 6.61 Å². The van der Waals surface area contributed by atoms with Gasteiger partial charge in [-0.2, -0.15) is 0 Å². The van der Waals surface area contributed by atoms with Gasteiger partial charge in [-0.15, -0.1) is 0 Å². The van der Waals surface area contributed by atoms with Gasteiger partial charge in [-0.3, -0.25) is 4.40 Å². The molecule has 1 aliphatic carbocycles. The summed E-state index contributed by atoms with van der Waals surface area (Å²) in [6.45, 7) is 2.36. The van der Waals surface area contributed by atoms with Gasteiger partial charge in [0.15, 0.2) is 5.15 Å². The molecule has 2 aromatic heterocycles. The van der Waals surface area contributed by atoms with Gasteiger partial charge in [-0.1, -0.05) is 54.1 Å². The molecule has 0 radical (unpaired) electrons. The van der Waals surface area contributed by atoms with Crippen molar-refractivity contribution < 1.29 is 9.84 Å². The maximum absolute atomic E-state index is 10.2. The lowest BCUT2D eigenvalue weighted by Gasteiger charge is -2.40. The Hall–Kier alpha value is -2.89. The summed E-state index contributed by atoms with van der Waals surface area (Å²) < 4.78 is 8.00. The molecule has 0 aliphatic heterocycles. The van der Waals surface area contributed by atoms with E-state index in [-0.39, 0.29) is 5.92 Å². The highest BCUT2D eigenvalue weighted by atomic mass is 35.5.